The molecule has 1 saturated heterocycles. The Balaban J connectivity index is 0.00000210. The number of aryl methyl sites for hydroxylation is 1. The number of carbonyl (C=O) groups excluding carboxylic acids is 1. The molecule has 1 aromatic heterocycles. The molecule has 6 nitrogen and oxygen atoms in total. The van der Waals surface area contributed by atoms with Gasteiger partial charge in [-0.15, -0.1) is 12.4 Å². The van der Waals surface area contributed by atoms with Crippen LogP contribution in [0, 0.1) is 0 Å². The highest BCUT2D eigenvalue weighted by molar-refractivity contribution is 5.85. The molecule has 0 bridgehead atoms. The monoisotopic (exact) mass is 390 g/mol. The molecular weight excluding hydrogens is 364 g/mol. The van der Waals surface area contributed by atoms with Crippen molar-refractivity contribution in [3.63, 3.8) is 0 Å². The first-order chi connectivity index (χ1) is 12.7. The minimum absolute atomic E-state index is 0. The third kappa shape index (κ3) is 4.28. The molecular formula is C20H27ClN4O2. The number of ether oxygens (including phenoxy) is 1. The van der Waals surface area contributed by atoms with E-state index in [-0.39, 0.29) is 24.4 Å². The lowest BCUT2D eigenvalue weighted by molar-refractivity contribution is -0.132. The van der Waals surface area contributed by atoms with E-state index in [0.717, 1.165) is 50.5 Å². The van der Waals surface area contributed by atoms with Crippen molar-refractivity contribution in [2.45, 2.75) is 44.8 Å². The zero-order valence-corrected chi connectivity index (χ0v) is 16.5. The van der Waals surface area contributed by atoms with Crippen LogP contribution in [-0.4, -0.2) is 40.8 Å². The highest BCUT2D eigenvalue weighted by Gasteiger charge is 2.30. The predicted molar refractivity (Wildman–Crippen MR) is 106 cm³/mol. The normalized spacial score (nSPS) is 18.7. The lowest BCUT2D eigenvalue weighted by Gasteiger charge is -2.25. The molecule has 3 heterocycles. The lowest BCUT2D eigenvalue weighted by atomic mass is 10.0. The Bertz CT molecular complexity index is 769. The van der Waals surface area contributed by atoms with Crippen molar-refractivity contribution in [3.8, 4) is 5.75 Å². The number of amides is 1. The molecule has 1 amide bonds. The summed E-state index contributed by atoms with van der Waals surface area (Å²) in [5.41, 5.74) is 3.40. The van der Waals surface area contributed by atoms with Crippen LogP contribution in [0.5, 0.6) is 5.75 Å². The minimum atomic E-state index is 0. The number of halogens is 1. The third-order valence-electron chi connectivity index (χ3n) is 5.37. The molecule has 1 aromatic carbocycles. The van der Waals surface area contributed by atoms with Gasteiger partial charge in [0.15, 0.2) is 0 Å². The number of benzene rings is 1. The molecule has 27 heavy (non-hydrogen) atoms. The van der Waals surface area contributed by atoms with E-state index in [1.807, 2.05) is 23.1 Å². The zero-order valence-electron chi connectivity index (χ0n) is 15.7. The zero-order chi connectivity index (χ0) is 17.9. The molecule has 2 aliphatic heterocycles. The Morgan fingerprint density at radius 1 is 1.33 bits per heavy atom. The summed E-state index contributed by atoms with van der Waals surface area (Å²) in [5.74, 6) is 1.07. The van der Waals surface area contributed by atoms with Crippen LogP contribution in [0.3, 0.4) is 0 Å². The summed E-state index contributed by atoms with van der Waals surface area (Å²) in [4.78, 5) is 14.9. The quantitative estimate of drug-likeness (QED) is 0.852. The Kier molecular flexibility index (Phi) is 6.39. The van der Waals surface area contributed by atoms with E-state index in [4.69, 9.17) is 4.74 Å². The summed E-state index contributed by atoms with van der Waals surface area (Å²) >= 11 is 0. The smallest absolute Gasteiger partial charge is 0.223 e. The van der Waals surface area contributed by atoms with Crippen molar-refractivity contribution < 1.29 is 9.53 Å². The number of hydrogen-bond acceptors (Lipinski definition) is 4. The van der Waals surface area contributed by atoms with E-state index < -0.39 is 0 Å². The summed E-state index contributed by atoms with van der Waals surface area (Å²) < 4.78 is 7.40. The fourth-order valence-electron chi connectivity index (χ4n) is 4.01. The van der Waals surface area contributed by atoms with Crippen molar-refractivity contribution in [3.05, 3.63) is 47.3 Å². The maximum absolute atomic E-state index is 12.8. The fraction of sp³-hybridized carbons (Fsp3) is 0.500. The third-order valence-corrected chi connectivity index (χ3v) is 5.37. The number of hydrogen-bond donors (Lipinski definition) is 1. The summed E-state index contributed by atoms with van der Waals surface area (Å²) in [6.45, 7) is 3.58. The highest BCUT2D eigenvalue weighted by Crippen LogP contribution is 2.34. The van der Waals surface area contributed by atoms with Crippen LogP contribution in [0.2, 0.25) is 0 Å². The Morgan fingerprint density at radius 3 is 3.04 bits per heavy atom. The summed E-state index contributed by atoms with van der Waals surface area (Å²) in [5, 5.41) is 7.99. The average molecular weight is 391 g/mol. The number of nitrogens with one attached hydrogen (secondary N) is 1. The molecule has 146 valence electrons. The standard InChI is InChI=1S/C20H26N4O2.ClH/c1-26-18-5-2-4-15(12-18)19-6-3-10-23(19)20(25)8-7-16-13-17-14-21-9-11-24(17)22-16;/h2,4-5,12-13,19,21H,3,6-11,14H2,1H3;1H. The van der Waals surface area contributed by atoms with Crippen molar-refractivity contribution in [1.29, 1.82) is 0 Å². The molecule has 2 aliphatic rings. The number of nitrogens with zero attached hydrogens (tertiary/aromatic N) is 3. The summed E-state index contributed by atoms with van der Waals surface area (Å²) in [6, 6.07) is 10.4. The van der Waals surface area contributed by atoms with Gasteiger partial charge in [-0.3, -0.25) is 9.48 Å². The first-order valence-corrected chi connectivity index (χ1v) is 9.44. The predicted octanol–water partition coefficient (Wildman–Crippen LogP) is 2.71. The SMILES string of the molecule is COc1cccc(C2CCCN2C(=O)CCc2cc3n(n2)CCNC3)c1.Cl. The second-order valence-corrected chi connectivity index (χ2v) is 7.05. The molecule has 0 radical (unpaired) electrons. The largest absolute Gasteiger partial charge is 0.497 e. The number of aromatic nitrogens is 2. The first-order valence-electron chi connectivity index (χ1n) is 9.44. The Labute approximate surface area is 166 Å². The van der Waals surface area contributed by atoms with Gasteiger partial charge in [0, 0.05) is 32.5 Å². The minimum Gasteiger partial charge on any atom is -0.497 e. The van der Waals surface area contributed by atoms with Crippen molar-refractivity contribution in [2.75, 3.05) is 20.2 Å². The van der Waals surface area contributed by atoms with E-state index in [0.29, 0.717) is 12.8 Å². The summed E-state index contributed by atoms with van der Waals surface area (Å²) in [7, 11) is 1.68. The van der Waals surface area contributed by atoms with Gasteiger partial charge in [0.25, 0.3) is 0 Å². The second-order valence-electron chi connectivity index (χ2n) is 7.05. The van der Waals surface area contributed by atoms with Gasteiger partial charge in [0.1, 0.15) is 5.75 Å². The van der Waals surface area contributed by atoms with Crippen LogP contribution >= 0.6 is 12.4 Å². The van der Waals surface area contributed by atoms with Crippen LogP contribution in [0.1, 0.15) is 42.3 Å². The molecule has 1 N–H and O–H groups in total. The van der Waals surface area contributed by atoms with Gasteiger partial charge in [-0.2, -0.15) is 5.10 Å². The van der Waals surface area contributed by atoms with Crippen LogP contribution in [0.4, 0.5) is 0 Å². The molecule has 1 unspecified atom stereocenters. The maximum atomic E-state index is 12.8. The van der Waals surface area contributed by atoms with E-state index in [1.54, 1.807) is 7.11 Å². The number of fused-ring (bicyclic) bond motifs is 1. The van der Waals surface area contributed by atoms with Crippen LogP contribution in [-0.2, 0) is 24.3 Å². The number of likely N-dealkylation sites (tertiary alicyclic amines) is 1. The van der Waals surface area contributed by atoms with Crippen molar-refractivity contribution >= 4 is 18.3 Å². The van der Waals surface area contributed by atoms with E-state index >= 15 is 0 Å². The van der Waals surface area contributed by atoms with Gasteiger partial charge in [0.2, 0.25) is 5.91 Å². The van der Waals surface area contributed by atoms with Gasteiger partial charge < -0.3 is 15.0 Å². The van der Waals surface area contributed by atoms with Crippen LogP contribution < -0.4 is 10.1 Å². The van der Waals surface area contributed by atoms with Crippen molar-refractivity contribution in [2.24, 2.45) is 0 Å². The van der Waals surface area contributed by atoms with Gasteiger partial charge in [-0.25, -0.2) is 0 Å². The molecule has 1 fully saturated rings. The van der Waals surface area contributed by atoms with E-state index in [1.165, 1.54) is 11.3 Å². The fourth-order valence-corrected chi connectivity index (χ4v) is 4.01. The van der Waals surface area contributed by atoms with E-state index in [9.17, 15) is 4.79 Å². The Hall–Kier alpha value is -2.05. The van der Waals surface area contributed by atoms with Gasteiger partial charge in [-0.1, -0.05) is 12.1 Å². The topological polar surface area (TPSA) is 59.4 Å². The number of carbonyl (C=O) groups is 1. The van der Waals surface area contributed by atoms with Crippen LogP contribution in [0.25, 0.3) is 0 Å². The van der Waals surface area contributed by atoms with Gasteiger partial charge in [0.05, 0.1) is 31.1 Å². The lowest BCUT2D eigenvalue weighted by Crippen LogP contribution is -2.30. The molecule has 0 aliphatic carbocycles. The second kappa shape index (κ2) is 8.76. The molecule has 1 atom stereocenters. The highest BCUT2D eigenvalue weighted by atomic mass is 35.5. The van der Waals surface area contributed by atoms with Gasteiger partial charge in [-0.05, 0) is 36.6 Å². The molecule has 7 heteroatoms. The molecule has 0 saturated carbocycles. The molecule has 2 aromatic rings. The van der Waals surface area contributed by atoms with Crippen molar-refractivity contribution in [1.82, 2.24) is 20.0 Å². The maximum Gasteiger partial charge on any atom is 0.223 e. The molecule has 0 spiro atoms. The molecule has 4 rings (SSSR count). The number of methoxy groups -OCH3 is 1. The Morgan fingerprint density at radius 2 is 2.22 bits per heavy atom. The first kappa shape index (κ1) is 19.7. The van der Waals surface area contributed by atoms with Gasteiger partial charge >= 0.3 is 0 Å². The summed E-state index contributed by atoms with van der Waals surface area (Å²) in [6.07, 6.45) is 3.30. The average Bonchev–Trinajstić information content (AvgIpc) is 3.32. The van der Waals surface area contributed by atoms with Crippen LogP contribution in [0.15, 0.2) is 30.3 Å². The van der Waals surface area contributed by atoms with E-state index in [2.05, 4.69) is 27.2 Å². The number of rotatable bonds is 5.